The lowest BCUT2D eigenvalue weighted by molar-refractivity contribution is 0.0564. The van der Waals surface area contributed by atoms with Crippen molar-refractivity contribution in [2.24, 2.45) is 0 Å². The summed E-state index contributed by atoms with van der Waals surface area (Å²) < 4.78 is 5.16. The van der Waals surface area contributed by atoms with E-state index in [1.165, 1.54) is 0 Å². The van der Waals surface area contributed by atoms with Gasteiger partial charge in [-0.3, -0.25) is 5.32 Å². The number of nitrogens with one attached hydrogen (secondary N) is 1. The number of nitrogens with zero attached hydrogens (tertiary/aromatic N) is 2. The zero-order valence-corrected chi connectivity index (χ0v) is 8.85. The third kappa shape index (κ3) is 2.40. The number of ether oxygens (including phenoxy) is 1. The Bertz CT molecular complexity index is 377. The number of carbonyl (C=O) groups excluding carboxylic acids is 1. The minimum absolute atomic E-state index is 0.186. The lowest BCUT2D eigenvalue weighted by atomic mass is 10.4. The van der Waals surface area contributed by atoms with E-state index < -0.39 is 0 Å². The van der Waals surface area contributed by atoms with Gasteiger partial charge in [-0.15, -0.1) is 0 Å². The molecule has 0 unspecified atom stereocenters. The van der Waals surface area contributed by atoms with Crippen molar-refractivity contribution in [2.75, 3.05) is 37.4 Å². The highest BCUT2D eigenvalue weighted by Crippen LogP contribution is 2.13. The van der Waals surface area contributed by atoms with Gasteiger partial charge in [0.1, 0.15) is 0 Å². The van der Waals surface area contributed by atoms with Crippen molar-refractivity contribution in [3.8, 4) is 0 Å². The summed E-state index contributed by atoms with van der Waals surface area (Å²) >= 11 is 0. The number of hydrogen-bond acceptors (Lipinski definition) is 4. The number of anilines is 2. The normalized spacial score (nSPS) is 15.9. The topological polar surface area (TPSA) is 80.5 Å². The number of hydrogen-bond donors (Lipinski definition) is 2. The first-order chi connectivity index (χ1) is 7.77. The van der Waals surface area contributed by atoms with Crippen LogP contribution in [0.4, 0.5) is 16.3 Å². The molecule has 0 atom stereocenters. The van der Waals surface area contributed by atoms with E-state index in [9.17, 15) is 4.79 Å². The quantitative estimate of drug-likeness (QED) is 0.726. The molecule has 86 valence electrons. The molecule has 6 heteroatoms. The number of urea groups is 1. The molecule has 2 heterocycles. The molecule has 0 saturated carbocycles. The first kappa shape index (κ1) is 10.7. The van der Waals surface area contributed by atoms with Crippen LogP contribution in [0, 0.1) is 0 Å². The standard InChI is InChI=1S/C10H14N4O2/c11-8-2-1-3-12-9(8)13-10(15)14-4-6-16-7-5-14/h1-3H,4-7,11H2,(H,12,13,15). The molecule has 1 aromatic heterocycles. The minimum atomic E-state index is -0.186. The van der Waals surface area contributed by atoms with E-state index in [0.717, 1.165) is 0 Å². The Hall–Kier alpha value is -1.82. The van der Waals surface area contributed by atoms with Crippen LogP contribution in [0.2, 0.25) is 0 Å². The maximum absolute atomic E-state index is 11.8. The summed E-state index contributed by atoms with van der Waals surface area (Å²) in [6.45, 7) is 2.34. The number of rotatable bonds is 1. The zero-order valence-electron chi connectivity index (χ0n) is 8.85. The average Bonchev–Trinajstić information content (AvgIpc) is 2.33. The molecule has 2 rings (SSSR count). The van der Waals surface area contributed by atoms with Crippen molar-refractivity contribution < 1.29 is 9.53 Å². The van der Waals surface area contributed by atoms with Crippen molar-refractivity contribution >= 4 is 17.5 Å². The van der Waals surface area contributed by atoms with E-state index in [0.29, 0.717) is 37.8 Å². The van der Waals surface area contributed by atoms with Crippen molar-refractivity contribution in [3.63, 3.8) is 0 Å². The van der Waals surface area contributed by atoms with Crippen LogP contribution in [0.3, 0.4) is 0 Å². The predicted octanol–water partition coefficient (Wildman–Crippen LogP) is 0.528. The Morgan fingerprint density at radius 2 is 2.25 bits per heavy atom. The molecule has 1 saturated heterocycles. The Morgan fingerprint density at radius 3 is 2.94 bits per heavy atom. The summed E-state index contributed by atoms with van der Waals surface area (Å²) in [5.41, 5.74) is 6.14. The van der Waals surface area contributed by atoms with Crippen LogP contribution in [0.1, 0.15) is 0 Å². The molecule has 0 bridgehead atoms. The van der Waals surface area contributed by atoms with Gasteiger partial charge in [-0.2, -0.15) is 0 Å². The molecule has 6 nitrogen and oxygen atoms in total. The second-order valence-corrected chi connectivity index (χ2v) is 3.47. The van der Waals surface area contributed by atoms with Crippen LogP contribution < -0.4 is 11.1 Å². The smallest absolute Gasteiger partial charge is 0.323 e. The molecule has 3 N–H and O–H groups in total. The van der Waals surface area contributed by atoms with Crippen LogP contribution in [0.5, 0.6) is 0 Å². The second kappa shape index (κ2) is 4.80. The first-order valence-corrected chi connectivity index (χ1v) is 5.11. The summed E-state index contributed by atoms with van der Waals surface area (Å²) in [4.78, 5) is 17.5. The largest absolute Gasteiger partial charge is 0.396 e. The number of carbonyl (C=O) groups is 1. The van der Waals surface area contributed by atoms with E-state index in [1.807, 2.05) is 0 Å². The van der Waals surface area contributed by atoms with Crippen molar-refractivity contribution in [1.82, 2.24) is 9.88 Å². The molecule has 0 aliphatic carbocycles. The molecule has 0 radical (unpaired) electrons. The SMILES string of the molecule is Nc1cccnc1NC(=O)N1CCOCC1. The Balaban J connectivity index is 1.99. The minimum Gasteiger partial charge on any atom is -0.396 e. The fourth-order valence-electron chi connectivity index (χ4n) is 1.47. The highest BCUT2D eigenvalue weighted by Gasteiger charge is 2.17. The van der Waals surface area contributed by atoms with Gasteiger partial charge in [0.15, 0.2) is 5.82 Å². The van der Waals surface area contributed by atoms with Crippen LogP contribution in [0.25, 0.3) is 0 Å². The van der Waals surface area contributed by atoms with Gasteiger partial charge in [0.25, 0.3) is 0 Å². The molecular weight excluding hydrogens is 208 g/mol. The van der Waals surface area contributed by atoms with E-state index in [-0.39, 0.29) is 6.03 Å². The Kier molecular flexibility index (Phi) is 3.21. The number of morpholine rings is 1. The zero-order chi connectivity index (χ0) is 11.4. The number of pyridine rings is 1. The van der Waals surface area contributed by atoms with Gasteiger partial charge < -0.3 is 15.4 Å². The van der Waals surface area contributed by atoms with Crippen molar-refractivity contribution in [1.29, 1.82) is 0 Å². The molecule has 2 amide bonds. The van der Waals surface area contributed by atoms with Crippen LogP contribution in [0.15, 0.2) is 18.3 Å². The summed E-state index contributed by atoms with van der Waals surface area (Å²) in [5, 5.41) is 2.68. The lowest BCUT2D eigenvalue weighted by Gasteiger charge is -2.26. The summed E-state index contributed by atoms with van der Waals surface area (Å²) in [6.07, 6.45) is 1.59. The van der Waals surface area contributed by atoms with E-state index in [4.69, 9.17) is 10.5 Å². The molecular formula is C10H14N4O2. The number of aromatic nitrogens is 1. The highest BCUT2D eigenvalue weighted by atomic mass is 16.5. The van der Waals surface area contributed by atoms with Crippen LogP contribution >= 0.6 is 0 Å². The van der Waals surface area contributed by atoms with Crippen molar-refractivity contribution in [3.05, 3.63) is 18.3 Å². The monoisotopic (exact) mass is 222 g/mol. The highest BCUT2D eigenvalue weighted by molar-refractivity contribution is 5.91. The molecule has 16 heavy (non-hydrogen) atoms. The Morgan fingerprint density at radius 1 is 1.50 bits per heavy atom. The molecule has 0 aromatic carbocycles. The molecule has 1 aromatic rings. The Labute approximate surface area is 93.4 Å². The maximum Gasteiger partial charge on any atom is 0.323 e. The van der Waals surface area contributed by atoms with Gasteiger partial charge in [0.2, 0.25) is 0 Å². The second-order valence-electron chi connectivity index (χ2n) is 3.47. The fraction of sp³-hybridized carbons (Fsp3) is 0.400. The third-order valence-corrected chi connectivity index (χ3v) is 2.36. The van der Waals surface area contributed by atoms with Crippen LogP contribution in [-0.4, -0.2) is 42.2 Å². The van der Waals surface area contributed by atoms with Gasteiger partial charge >= 0.3 is 6.03 Å². The summed E-state index contributed by atoms with van der Waals surface area (Å²) in [6, 6.07) is 3.23. The molecule has 1 aliphatic heterocycles. The predicted molar refractivity (Wildman–Crippen MR) is 60.1 cm³/mol. The molecule has 1 fully saturated rings. The average molecular weight is 222 g/mol. The van der Waals surface area contributed by atoms with Crippen LogP contribution in [-0.2, 0) is 4.74 Å². The number of nitrogens with two attached hydrogens (primary N) is 1. The van der Waals surface area contributed by atoms with Gasteiger partial charge in [0, 0.05) is 19.3 Å². The lowest BCUT2D eigenvalue weighted by Crippen LogP contribution is -2.43. The van der Waals surface area contributed by atoms with Gasteiger partial charge in [0.05, 0.1) is 18.9 Å². The van der Waals surface area contributed by atoms with Gasteiger partial charge in [-0.25, -0.2) is 9.78 Å². The maximum atomic E-state index is 11.8. The van der Waals surface area contributed by atoms with E-state index in [2.05, 4.69) is 10.3 Å². The van der Waals surface area contributed by atoms with Crippen molar-refractivity contribution in [2.45, 2.75) is 0 Å². The van der Waals surface area contributed by atoms with E-state index in [1.54, 1.807) is 23.2 Å². The fourth-order valence-corrected chi connectivity index (χ4v) is 1.47. The number of amides is 2. The van der Waals surface area contributed by atoms with E-state index >= 15 is 0 Å². The van der Waals surface area contributed by atoms with Gasteiger partial charge in [-0.1, -0.05) is 0 Å². The number of nitrogen functional groups attached to an aromatic ring is 1. The first-order valence-electron chi connectivity index (χ1n) is 5.11. The summed E-state index contributed by atoms with van der Waals surface area (Å²) in [7, 11) is 0. The molecule has 1 aliphatic rings. The summed E-state index contributed by atoms with van der Waals surface area (Å²) in [5.74, 6) is 0.402. The van der Waals surface area contributed by atoms with Gasteiger partial charge in [-0.05, 0) is 12.1 Å². The third-order valence-electron chi connectivity index (χ3n) is 2.36. The molecule has 0 spiro atoms.